The molecule has 0 aliphatic heterocycles. The summed E-state index contributed by atoms with van der Waals surface area (Å²) < 4.78 is 1.83. The van der Waals surface area contributed by atoms with Crippen molar-refractivity contribution in [2.45, 2.75) is 25.4 Å². The largest absolute Gasteiger partial charge is 0.350 e. The predicted octanol–water partition coefficient (Wildman–Crippen LogP) is 3.49. The quantitative estimate of drug-likeness (QED) is 0.642. The van der Waals surface area contributed by atoms with Gasteiger partial charge in [-0.2, -0.15) is 5.10 Å². The standard InChI is InChI=1S/C22H24N4O.ClH/c23-20(17-11-12-17)13-24-22(27)19-15-26(14-16-7-3-1-4-8-16)25-21(19)18-9-5-2-6-10-18;/h1-10,15,17,20H,11-14,23H2,(H,24,27);1H. The number of hydrogen-bond acceptors (Lipinski definition) is 3. The van der Waals surface area contributed by atoms with Gasteiger partial charge in [-0.1, -0.05) is 60.7 Å². The topological polar surface area (TPSA) is 72.9 Å². The lowest BCUT2D eigenvalue weighted by atomic mass is 10.1. The monoisotopic (exact) mass is 396 g/mol. The van der Waals surface area contributed by atoms with Crippen molar-refractivity contribution in [1.82, 2.24) is 15.1 Å². The van der Waals surface area contributed by atoms with Gasteiger partial charge < -0.3 is 11.1 Å². The maximum absolute atomic E-state index is 12.8. The molecule has 4 rings (SSSR count). The molecule has 1 aromatic heterocycles. The molecule has 146 valence electrons. The van der Waals surface area contributed by atoms with E-state index in [1.54, 1.807) is 0 Å². The Morgan fingerprint density at radius 2 is 1.75 bits per heavy atom. The predicted molar refractivity (Wildman–Crippen MR) is 113 cm³/mol. The van der Waals surface area contributed by atoms with Crippen LogP contribution in [0.3, 0.4) is 0 Å². The number of amides is 1. The third kappa shape index (κ3) is 4.80. The number of nitrogens with one attached hydrogen (secondary N) is 1. The molecular formula is C22H25ClN4O. The highest BCUT2D eigenvalue weighted by Crippen LogP contribution is 2.31. The molecule has 0 bridgehead atoms. The minimum atomic E-state index is -0.121. The van der Waals surface area contributed by atoms with E-state index in [4.69, 9.17) is 10.8 Å². The van der Waals surface area contributed by atoms with E-state index in [1.807, 2.05) is 59.4 Å². The Kier molecular flexibility index (Phi) is 6.49. The fourth-order valence-electron chi connectivity index (χ4n) is 3.25. The summed E-state index contributed by atoms with van der Waals surface area (Å²) in [5.74, 6) is 0.434. The van der Waals surface area contributed by atoms with Crippen molar-refractivity contribution in [3.63, 3.8) is 0 Å². The van der Waals surface area contributed by atoms with Crippen LogP contribution in [0.15, 0.2) is 66.9 Å². The van der Waals surface area contributed by atoms with E-state index in [0.717, 1.165) is 11.1 Å². The van der Waals surface area contributed by atoms with Crippen LogP contribution in [0.1, 0.15) is 28.8 Å². The minimum absolute atomic E-state index is 0. The first-order valence-electron chi connectivity index (χ1n) is 9.41. The SMILES string of the molecule is Cl.NC(CNC(=O)c1cn(Cc2ccccc2)nc1-c1ccccc1)C1CC1. The second-order valence-corrected chi connectivity index (χ2v) is 7.15. The van der Waals surface area contributed by atoms with Gasteiger partial charge >= 0.3 is 0 Å². The van der Waals surface area contributed by atoms with Gasteiger partial charge in [0, 0.05) is 24.3 Å². The Hall–Kier alpha value is -2.63. The lowest BCUT2D eigenvalue weighted by molar-refractivity contribution is 0.0951. The number of benzene rings is 2. The minimum Gasteiger partial charge on any atom is -0.350 e. The number of hydrogen-bond donors (Lipinski definition) is 2. The van der Waals surface area contributed by atoms with Gasteiger partial charge in [-0.15, -0.1) is 12.4 Å². The van der Waals surface area contributed by atoms with E-state index in [2.05, 4.69) is 17.4 Å². The number of rotatable bonds is 7. The van der Waals surface area contributed by atoms with Crippen molar-refractivity contribution < 1.29 is 4.79 Å². The van der Waals surface area contributed by atoms with Crippen LogP contribution in [0, 0.1) is 5.92 Å². The Balaban J connectivity index is 0.00000225. The summed E-state index contributed by atoms with van der Waals surface area (Å²) in [7, 11) is 0. The van der Waals surface area contributed by atoms with Gasteiger partial charge in [-0.05, 0) is 24.3 Å². The van der Waals surface area contributed by atoms with Gasteiger partial charge in [-0.25, -0.2) is 0 Å². The van der Waals surface area contributed by atoms with E-state index in [0.29, 0.717) is 30.3 Å². The van der Waals surface area contributed by atoms with Crippen molar-refractivity contribution in [2.24, 2.45) is 11.7 Å². The van der Waals surface area contributed by atoms with Crippen molar-refractivity contribution in [2.75, 3.05) is 6.54 Å². The average molecular weight is 397 g/mol. The third-order valence-electron chi connectivity index (χ3n) is 4.97. The van der Waals surface area contributed by atoms with Crippen molar-refractivity contribution >= 4 is 18.3 Å². The zero-order chi connectivity index (χ0) is 18.6. The maximum atomic E-state index is 12.8. The molecule has 2 aromatic carbocycles. The summed E-state index contributed by atoms with van der Waals surface area (Å²) in [5, 5.41) is 7.69. The Morgan fingerprint density at radius 1 is 1.11 bits per heavy atom. The maximum Gasteiger partial charge on any atom is 0.255 e. The molecule has 0 saturated heterocycles. The first kappa shape index (κ1) is 20.1. The molecule has 0 spiro atoms. The molecule has 1 unspecified atom stereocenters. The van der Waals surface area contributed by atoms with Crippen LogP contribution in [0.2, 0.25) is 0 Å². The molecular weight excluding hydrogens is 372 g/mol. The molecule has 1 saturated carbocycles. The zero-order valence-electron chi connectivity index (χ0n) is 15.6. The molecule has 1 atom stereocenters. The van der Waals surface area contributed by atoms with Crippen LogP contribution in [0.4, 0.5) is 0 Å². The molecule has 3 N–H and O–H groups in total. The highest BCUT2D eigenvalue weighted by Gasteiger charge is 2.29. The fourth-order valence-corrected chi connectivity index (χ4v) is 3.25. The van der Waals surface area contributed by atoms with Crippen molar-refractivity contribution in [3.8, 4) is 11.3 Å². The fraction of sp³-hybridized carbons (Fsp3) is 0.273. The first-order chi connectivity index (χ1) is 13.2. The summed E-state index contributed by atoms with van der Waals surface area (Å²) in [6.07, 6.45) is 4.16. The van der Waals surface area contributed by atoms with E-state index in [1.165, 1.54) is 12.8 Å². The molecule has 28 heavy (non-hydrogen) atoms. The van der Waals surface area contributed by atoms with Crippen LogP contribution >= 0.6 is 12.4 Å². The highest BCUT2D eigenvalue weighted by atomic mass is 35.5. The summed E-state index contributed by atoms with van der Waals surface area (Å²) in [6, 6.07) is 20.0. The molecule has 1 heterocycles. The van der Waals surface area contributed by atoms with Crippen LogP contribution < -0.4 is 11.1 Å². The highest BCUT2D eigenvalue weighted by molar-refractivity contribution is 5.99. The number of carbonyl (C=O) groups excluding carboxylic acids is 1. The Morgan fingerprint density at radius 3 is 2.39 bits per heavy atom. The van der Waals surface area contributed by atoms with Gasteiger partial charge in [0.2, 0.25) is 0 Å². The van der Waals surface area contributed by atoms with Gasteiger partial charge in [0.1, 0.15) is 5.69 Å². The second-order valence-electron chi connectivity index (χ2n) is 7.15. The normalized spacial score (nSPS) is 14.2. The van der Waals surface area contributed by atoms with Gasteiger partial charge in [0.15, 0.2) is 0 Å². The molecule has 0 radical (unpaired) electrons. The van der Waals surface area contributed by atoms with Gasteiger partial charge in [0.25, 0.3) is 5.91 Å². The van der Waals surface area contributed by atoms with E-state index < -0.39 is 0 Å². The molecule has 1 fully saturated rings. The van der Waals surface area contributed by atoms with Crippen LogP contribution in [-0.4, -0.2) is 28.3 Å². The smallest absolute Gasteiger partial charge is 0.255 e. The molecule has 1 aliphatic carbocycles. The summed E-state index contributed by atoms with van der Waals surface area (Å²) in [5.41, 5.74) is 9.48. The van der Waals surface area contributed by atoms with Crippen LogP contribution in [-0.2, 0) is 6.54 Å². The summed E-state index contributed by atoms with van der Waals surface area (Å²) in [4.78, 5) is 12.8. The van der Waals surface area contributed by atoms with Crippen LogP contribution in [0.5, 0.6) is 0 Å². The van der Waals surface area contributed by atoms with Crippen LogP contribution in [0.25, 0.3) is 11.3 Å². The lowest BCUT2D eigenvalue weighted by Gasteiger charge is -2.11. The van der Waals surface area contributed by atoms with Gasteiger partial charge in [-0.3, -0.25) is 9.48 Å². The first-order valence-corrected chi connectivity index (χ1v) is 9.41. The molecule has 5 nitrogen and oxygen atoms in total. The molecule has 1 aliphatic rings. The van der Waals surface area contributed by atoms with E-state index in [-0.39, 0.29) is 24.4 Å². The van der Waals surface area contributed by atoms with Crippen molar-refractivity contribution in [3.05, 3.63) is 78.0 Å². The number of halogens is 1. The lowest BCUT2D eigenvalue weighted by Crippen LogP contribution is -2.38. The second kappa shape index (κ2) is 9.04. The number of nitrogens with zero attached hydrogens (tertiary/aromatic N) is 2. The Labute approximate surface area is 171 Å². The number of nitrogens with two attached hydrogens (primary N) is 1. The van der Waals surface area contributed by atoms with Gasteiger partial charge in [0.05, 0.1) is 12.1 Å². The zero-order valence-corrected chi connectivity index (χ0v) is 16.4. The number of aromatic nitrogens is 2. The molecule has 1 amide bonds. The Bertz CT molecular complexity index is 907. The van der Waals surface area contributed by atoms with E-state index >= 15 is 0 Å². The van der Waals surface area contributed by atoms with E-state index in [9.17, 15) is 4.79 Å². The molecule has 6 heteroatoms. The summed E-state index contributed by atoms with van der Waals surface area (Å²) >= 11 is 0. The molecule has 3 aromatic rings. The number of carbonyl (C=O) groups is 1. The average Bonchev–Trinajstić information content (AvgIpc) is 3.48. The third-order valence-corrected chi connectivity index (χ3v) is 4.97. The van der Waals surface area contributed by atoms with Crippen molar-refractivity contribution in [1.29, 1.82) is 0 Å². The summed E-state index contributed by atoms with van der Waals surface area (Å²) in [6.45, 7) is 1.12.